The highest BCUT2D eigenvalue weighted by molar-refractivity contribution is 5.24. The van der Waals surface area contributed by atoms with Crippen LogP contribution < -0.4 is 10.3 Å². The van der Waals surface area contributed by atoms with E-state index in [1.165, 1.54) is 12.7 Å². The number of ether oxygens (including phenoxy) is 1. The number of benzene rings is 1. The molecule has 1 heterocycles. The number of pyridine rings is 1. The number of aryl methyl sites for hydroxylation is 1. The fourth-order valence-electron chi connectivity index (χ4n) is 1.80. The normalized spacial score (nSPS) is 10.2. The Hall–Kier alpha value is -2.03. The predicted octanol–water partition coefficient (Wildman–Crippen LogP) is 2.21. The fourth-order valence-corrected chi connectivity index (χ4v) is 1.80. The lowest BCUT2D eigenvalue weighted by Crippen LogP contribution is -2.20. The lowest BCUT2D eigenvalue weighted by molar-refractivity contribution is 0.403. The second-order valence-electron chi connectivity index (χ2n) is 4.00. The molecule has 0 aliphatic heterocycles. The number of nitrogens with zero attached hydrogens (tertiary/aromatic N) is 1. The van der Waals surface area contributed by atoms with E-state index in [-0.39, 0.29) is 5.56 Å². The number of hydrogen-bond acceptors (Lipinski definition) is 2. The van der Waals surface area contributed by atoms with Gasteiger partial charge in [-0.1, -0.05) is 29.8 Å². The highest BCUT2D eigenvalue weighted by Gasteiger charge is 2.03. The largest absolute Gasteiger partial charge is 0.491 e. The molecule has 0 aliphatic carbocycles. The Morgan fingerprint density at radius 3 is 2.76 bits per heavy atom. The average molecular weight is 229 g/mol. The summed E-state index contributed by atoms with van der Waals surface area (Å²) in [5.74, 6) is 0.375. The molecular formula is C14H15NO2. The molecule has 0 atom stereocenters. The highest BCUT2D eigenvalue weighted by atomic mass is 16.5. The Morgan fingerprint density at radius 2 is 2.06 bits per heavy atom. The van der Waals surface area contributed by atoms with E-state index in [0.29, 0.717) is 12.3 Å². The van der Waals surface area contributed by atoms with Crippen LogP contribution in [-0.2, 0) is 6.54 Å². The number of hydrogen-bond donors (Lipinski definition) is 0. The summed E-state index contributed by atoms with van der Waals surface area (Å²) in [5.41, 5.74) is 2.20. The lowest BCUT2D eigenvalue weighted by Gasteiger charge is -2.08. The maximum atomic E-state index is 11.9. The van der Waals surface area contributed by atoms with E-state index in [2.05, 4.69) is 6.07 Å². The first-order valence-electron chi connectivity index (χ1n) is 5.49. The molecule has 0 N–H and O–H groups in total. The molecule has 0 saturated heterocycles. The molecule has 3 heteroatoms. The van der Waals surface area contributed by atoms with Crippen molar-refractivity contribution >= 4 is 0 Å². The van der Waals surface area contributed by atoms with Gasteiger partial charge in [-0.2, -0.15) is 0 Å². The molecule has 0 saturated carbocycles. The molecule has 1 aromatic carbocycles. The second kappa shape index (κ2) is 4.87. The van der Waals surface area contributed by atoms with E-state index < -0.39 is 0 Å². The third kappa shape index (κ3) is 2.56. The van der Waals surface area contributed by atoms with Crippen molar-refractivity contribution in [3.63, 3.8) is 0 Å². The second-order valence-corrected chi connectivity index (χ2v) is 4.00. The molecule has 0 radical (unpaired) electrons. The van der Waals surface area contributed by atoms with E-state index in [4.69, 9.17) is 4.74 Å². The minimum Gasteiger partial charge on any atom is -0.491 e. The number of rotatable bonds is 3. The maximum absolute atomic E-state index is 11.9. The van der Waals surface area contributed by atoms with Gasteiger partial charge >= 0.3 is 0 Å². The molecule has 0 aliphatic rings. The molecule has 1 aromatic heterocycles. The minimum atomic E-state index is -0.100. The minimum absolute atomic E-state index is 0.100. The Balaban J connectivity index is 2.34. The average Bonchev–Trinajstić information content (AvgIpc) is 2.32. The molecular weight excluding hydrogens is 214 g/mol. The third-order valence-electron chi connectivity index (χ3n) is 2.64. The predicted molar refractivity (Wildman–Crippen MR) is 67.5 cm³/mol. The van der Waals surface area contributed by atoms with Crippen molar-refractivity contribution in [1.29, 1.82) is 0 Å². The van der Waals surface area contributed by atoms with Crippen LogP contribution in [0, 0.1) is 6.92 Å². The standard InChI is InChI=1S/C14H15NO2/c1-11-5-3-6-12(9-11)10-15-8-4-7-13(17-2)14(15)16/h3-9H,10H2,1-2H3. The van der Waals surface area contributed by atoms with Crippen LogP contribution in [0.2, 0.25) is 0 Å². The topological polar surface area (TPSA) is 31.2 Å². The van der Waals surface area contributed by atoms with Crippen molar-refractivity contribution < 1.29 is 4.74 Å². The summed E-state index contributed by atoms with van der Waals surface area (Å²) in [7, 11) is 1.51. The first-order valence-corrected chi connectivity index (χ1v) is 5.49. The van der Waals surface area contributed by atoms with Crippen LogP contribution in [0.4, 0.5) is 0 Å². The van der Waals surface area contributed by atoms with Gasteiger partial charge in [0.15, 0.2) is 5.75 Å². The van der Waals surface area contributed by atoms with E-state index >= 15 is 0 Å². The monoisotopic (exact) mass is 229 g/mol. The molecule has 0 bridgehead atoms. The van der Waals surface area contributed by atoms with Gasteiger partial charge in [0.25, 0.3) is 5.56 Å². The Bertz CT molecular complexity index is 572. The molecule has 2 aromatic rings. The Labute approximate surface area is 100 Å². The van der Waals surface area contributed by atoms with Crippen molar-refractivity contribution in [3.05, 3.63) is 64.1 Å². The van der Waals surface area contributed by atoms with E-state index in [1.54, 1.807) is 16.8 Å². The molecule has 0 unspecified atom stereocenters. The van der Waals surface area contributed by atoms with Crippen molar-refractivity contribution in [2.75, 3.05) is 7.11 Å². The molecule has 2 rings (SSSR count). The Kier molecular flexibility index (Phi) is 3.28. The van der Waals surface area contributed by atoms with Gasteiger partial charge in [-0.3, -0.25) is 4.79 Å². The van der Waals surface area contributed by atoms with Gasteiger partial charge in [-0.15, -0.1) is 0 Å². The third-order valence-corrected chi connectivity index (χ3v) is 2.64. The van der Waals surface area contributed by atoms with Crippen LogP contribution in [0.25, 0.3) is 0 Å². The molecule has 3 nitrogen and oxygen atoms in total. The molecule has 0 amide bonds. The van der Waals surface area contributed by atoms with Crippen LogP contribution in [0.15, 0.2) is 47.4 Å². The van der Waals surface area contributed by atoms with Crippen LogP contribution >= 0.6 is 0 Å². The van der Waals surface area contributed by atoms with Gasteiger partial charge in [-0.25, -0.2) is 0 Å². The van der Waals surface area contributed by atoms with Crippen LogP contribution in [0.1, 0.15) is 11.1 Å². The van der Waals surface area contributed by atoms with Crippen LogP contribution in [-0.4, -0.2) is 11.7 Å². The van der Waals surface area contributed by atoms with Crippen LogP contribution in [0.5, 0.6) is 5.75 Å². The summed E-state index contributed by atoms with van der Waals surface area (Å²) in [6.45, 7) is 2.61. The van der Waals surface area contributed by atoms with Crippen LogP contribution in [0.3, 0.4) is 0 Å². The smallest absolute Gasteiger partial charge is 0.293 e. The SMILES string of the molecule is COc1cccn(Cc2cccc(C)c2)c1=O. The lowest BCUT2D eigenvalue weighted by atomic mass is 10.1. The van der Waals surface area contributed by atoms with Crippen molar-refractivity contribution in [2.24, 2.45) is 0 Å². The summed E-state index contributed by atoms with van der Waals surface area (Å²) in [6, 6.07) is 11.6. The van der Waals surface area contributed by atoms with Crippen molar-refractivity contribution in [2.45, 2.75) is 13.5 Å². The van der Waals surface area contributed by atoms with E-state index in [1.807, 2.05) is 31.2 Å². The van der Waals surface area contributed by atoms with Crippen molar-refractivity contribution in [3.8, 4) is 5.75 Å². The van der Waals surface area contributed by atoms with Crippen molar-refractivity contribution in [1.82, 2.24) is 4.57 Å². The zero-order valence-electron chi connectivity index (χ0n) is 10.0. The van der Waals surface area contributed by atoms with Gasteiger partial charge in [0.2, 0.25) is 0 Å². The van der Waals surface area contributed by atoms with E-state index in [9.17, 15) is 4.79 Å². The first kappa shape index (κ1) is 11.5. The summed E-state index contributed by atoms with van der Waals surface area (Å²) in [5, 5.41) is 0. The zero-order valence-corrected chi connectivity index (χ0v) is 10.0. The van der Waals surface area contributed by atoms with Gasteiger partial charge in [0, 0.05) is 6.20 Å². The quantitative estimate of drug-likeness (QED) is 0.808. The highest BCUT2D eigenvalue weighted by Crippen LogP contribution is 2.07. The van der Waals surface area contributed by atoms with Gasteiger partial charge in [0.05, 0.1) is 13.7 Å². The molecule has 0 spiro atoms. The molecule has 17 heavy (non-hydrogen) atoms. The van der Waals surface area contributed by atoms with E-state index in [0.717, 1.165) is 5.56 Å². The number of methoxy groups -OCH3 is 1. The maximum Gasteiger partial charge on any atom is 0.293 e. The summed E-state index contributed by atoms with van der Waals surface area (Å²) in [4.78, 5) is 11.9. The molecule has 88 valence electrons. The summed E-state index contributed by atoms with van der Waals surface area (Å²) in [6.07, 6.45) is 1.77. The summed E-state index contributed by atoms with van der Waals surface area (Å²) < 4.78 is 6.66. The van der Waals surface area contributed by atoms with Gasteiger partial charge < -0.3 is 9.30 Å². The van der Waals surface area contributed by atoms with Gasteiger partial charge in [0.1, 0.15) is 0 Å². The Morgan fingerprint density at radius 1 is 1.24 bits per heavy atom. The zero-order chi connectivity index (χ0) is 12.3. The van der Waals surface area contributed by atoms with Gasteiger partial charge in [-0.05, 0) is 24.6 Å². The number of aromatic nitrogens is 1. The fraction of sp³-hybridized carbons (Fsp3) is 0.214. The summed E-state index contributed by atoms with van der Waals surface area (Å²) >= 11 is 0. The molecule has 0 fully saturated rings. The first-order chi connectivity index (χ1) is 8.20.